The molecule has 6 heteroatoms. The largest absolute Gasteiger partial charge is 0.477 e. The van der Waals surface area contributed by atoms with Crippen LogP contribution in [-0.4, -0.2) is 16.1 Å². The molecule has 0 saturated carbocycles. The molecule has 0 aliphatic carbocycles. The minimum atomic E-state index is -0.997. The number of carboxylic acid groups (broad SMARTS) is 1. The van der Waals surface area contributed by atoms with Gasteiger partial charge in [-0.15, -0.1) is 0 Å². The van der Waals surface area contributed by atoms with Gasteiger partial charge < -0.3 is 10.1 Å². The maximum Gasteiger partial charge on any atom is 0.353 e. The van der Waals surface area contributed by atoms with Gasteiger partial charge in [-0.05, 0) is 47.8 Å². The molecule has 0 spiro atoms. The minimum absolute atomic E-state index is 0.128. The predicted octanol–water partition coefficient (Wildman–Crippen LogP) is 3.00. The Morgan fingerprint density at radius 1 is 1.27 bits per heavy atom. The van der Waals surface area contributed by atoms with Gasteiger partial charge in [0.05, 0.1) is 13.5 Å². The van der Waals surface area contributed by atoms with Crippen LogP contribution in [0.5, 0.6) is 0 Å². The Hall–Kier alpha value is 0.190. The van der Waals surface area contributed by atoms with Gasteiger partial charge in [0.25, 0.3) is 0 Å². The van der Waals surface area contributed by atoms with Crippen LogP contribution < -0.4 is 0 Å². The third kappa shape index (κ3) is 1.68. The molecule has 0 amide bonds. The van der Waals surface area contributed by atoms with E-state index in [1.807, 2.05) is 0 Å². The van der Waals surface area contributed by atoms with E-state index in [1.54, 1.807) is 0 Å². The fourth-order valence-electron chi connectivity index (χ4n) is 0.573. The fraction of sp³-hybridized carbons (Fsp3) is 0. The van der Waals surface area contributed by atoms with Gasteiger partial charge in [-0.25, -0.2) is 4.79 Å². The molecular formula is C5H2Br3NO2. The van der Waals surface area contributed by atoms with Gasteiger partial charge >= 0.3 is 5.97 Å². The van der Waals surface area contributed by atoms with Gasteiger partial charge in [0.2, 0.25) is 0 Å². The Labute approximate surface area is 87.6 Å². The third-order valence-electron chi connectivity index (χ3n) is 1.05. The van der Waals surface area contributed by atoms with Gasteiger partial charge in [0, 0.05) is 0 Å². The van der Waals surface area contributed by atoms with Crippen molar-refractivity contribution >= 4 is 53.8 Å². The van der Waals surface area contributed by atoms with Crippen molar-refractivity contribution in [3.63, 3.8) is 0 Å². The van der Waals surface area contributed by atoms with Gasteiger partial charge in [-0.2, -0.15) is 0 Å². The second-order valence-electron chi connectivity index (χ2n) is 1.75. The van der Waals surface area contributed by atoms with E-state index in [-0.39, 0.29) is 5.69 Å². The molecular weight excluding hydrogens is 346 g/mol. The lowest BCUT2D eigenvalue weighted by molar-refractivity contribution is 0.0690. The summed E-state index contributed by atoms with van der Waals surface area (Å²) < 4.78 is 1.80. The first kappa shape index (κ1) is 9.28. The molecule has 60 valence electrons. The normalized spacial score (nSPS) is 10.1. The van der Waals surface area contributed by atoms with E-state index < -0.39 is 5.97 Å². The standard InChI is InChI=1S/C5H2Br3NO2/c6-1-2(7)4(8)9-3(1)5(10)11/h9H,(H,10,11). The summed E-state index contributed by atoms with van der Waals surface area (Å²) >= 11 is 9.43. The summed E-state index contributed by atoms with van der Waals surface area (Å²) in [4.78, 5) is 13.1. The quantitative estimate of drug-likeness (QED) is 0.820. The molecule has 11 heavy (non-hydrogen) atoms. The second kappa shape index (κ2) is 3.28. The first-order valence-corrected chi connectivity index (χ1v) is 4.87. The van der Waals surface area contributed by atoms with Crippen LogP contribution in [0.1, 0.15) is 10.5 Å². The highest BCUT2D eigenvalue weighted by Gasteiger charge is 2.16. The summed E-state index contributed by atoms with van der Waals surface area (Å²) in [5.41, 5.74) is 0.128. The molecule has 3 nitrogen and oxygen atoms in total. The van der Waals surface area contributed by atoms with Gasteiger partial charge in [-0.1, -0.05) is 0 Å². The highest BCUT2D eigenvalue weighted by Crippen LogP contribution is 2.33. The molecule has 0 aliphatic heterocycles. The maximum atomic E-state index is 10.5. The lowest BCUT2D eigenvalue weighted by atomic mass is 10.4. The van der Waals surface area contributed by atoms with Crippen LogP contribution in [0.15, 0.2) is 13.5 Å². The van der Waals surface area contributed by atoms with Gasteiger partial charge in [0.1, 0.15) is 5.69 Å². The molecule has 0 fully saturated rings. The zero-order chi connectivity index (χ0) is 8.59. The molecule has 0 unspecified atom stereocenters. The highest BCUT2D eigenvalue weighted by atomic mass is 79.9. The summed E-state index contributed by atoms with van der Waals surface area (Å²) in [5.74, 6) is -0.997. The van der Waals surface area contributed by atoms with E-state index in [0.29, 0.717) is 13.5 Å². The molecule has 2 N–H and O–H groups in total. The summed E-state index contributed by atoms with van der Waals surface area (Å²) in [6, 6.07) is 0. The average molecular weight is 348 g/mol. The van der Waals surface area contributed by atoms with Crippen molar-refractivity contribution in [2.24, 2.45) is 0 Å². The fourth-order valence-corrected chi connectivity index (χ4v) is 2.00. The van der Waals surface area contributed by atoms with Crippen molar-refractivity contribution in [2.75, 3.05) is 0 Å². The Balaban J connectivity index is 3.29. The number of carboxylic acids is 1. The molecule has 0 bridgehead atoms. The van der Waals surface area contributed by atoms with Gasteiger partial charge in [-0.3, -0.25) is 0 Å². The Morgan fingerprint density at radius 3 is 2.00 bits per heavy atom. The molecule has 0 saturated heterocycles. The van der Waals surface area contributed by atoms with E-state index in [0.717, 1.165) is 0 Å². The topological polar surface area (TPSA) is 53.1 Å². The van der Waals surface area contributed by atoms with Crippen LogP contribution in [0.3, 0.4) is 0 Å². The molecule has 1 rings (SSSR count). The molecule has 1 heterocycles. The molecule has 0 radical (unpaired) electrons. The average Bonchev–Trinajstić information content (AvgIpc) is 2.17. The molecule has 0 aliphatic rings. The Kier molecular flexibility index (Phi) is 2.77. The first-order chi connectivity index (χ1) is 5.04. The summed E-state index contributed by atoms with van der Waals surface area (Å²) in [7, 11) is 0. The van der Waals surface area contributed by atoms with Crippen LogP contribution in [0, 0.1) is 0 Å². The highest BCUT2D eigenvalue weighted by molar-refractivity contribution is 9.14. The van der Waals surface area contributed by atoms with E-state index in [1.165, 1.54) is 0 Å². The zero-order valence-electron chi connectivity index (χ0n) is 4.99. The van der Waals surface area contributed by atoms with Crippen molar-refractivity contribution in [3.8, 4) is 0 Å². The molecule has 1 aromatic heterocycles. The lowest BCUT2D eigenvalue weighted by Crippen LogP contribution is -1.96. The van der Waals surface area contributed by atoms with Crippen molar-refractivity contribution in [1.29, 1.82) is 0 Å². The van der Waals surface area contributed by atoms with Crippen LogP contribution >= 0.6 is 47.8 Å². The number of aromatic amines is 1. The second-order valence-corrected chi connectivity index (χ2v) is 4.13. The maximum absolute atomic E-state index is 10.5. The number of hydrogen-bond acceptors (Lipinski definition) is 1. The Bertz CT molecular complexity index is 307. The van der Waals surface area contributed by atoms with Crippen molar-refractivity contribution < 1.29 is 9.90 Å². The number of aromatic nitrogens is 1. The van der Waals surface area contributed by atoms with Gasteiger partial charge in [0.15, 0.2) is 0 Å². The van der Waals surface area contributed by atoms with Crippen LogP contribution in [-0.2, 0) is 0 Å². The van der Waals surface area contributed by atoms with Crippen LogP contribution in [0.4, 0.5) is 0 Å². The molecule has 0 atom stereocenters. The summed E-state index contributed by atoms with van der Waals surface area (Å²) in [5, 5.41) is 8.60. The van der Waals surface area contributed by atoms with E-state index in [2.05, 4.69) is 52.8 Å². The lowest BCUT2D eigenvalue weighted by Gasteiger charge is -1.87. The van der Waals surface area contributed by atoms with Crippen molar-refractivity contribution in [2.45, 2.75) is 0 Å². The SMILES string of the molecule is O=C(O)c1[nH]c(Br)c(Br)c1Br. The predicted molar refractivity (Wildman–Crippen MR) is 50.9 cm³/mol. The number of nitrogens with one attached hydrogen (secondary N) is 1. The zero-order valence-corrected chi connectivity index (χ0v) is 9.75. The smallest absolute Gasteiger partial charge is 0.353 e. The molecule has 0 aromatic carbocycles. The summed E-state index contributed by atoms with van der Waals surface area (Å²) in [6.07, 6.45) is 0. The van der Waals surface area contributed by atoms with Crippen LogP contribution in [0.2, 0.25) is 0 Å². The van der Waals surface area contributed by atoms with Crippen molar-refractivity contribution in [3.05, 3.63) is 19.2 Å². The van der Waals surface area contributed by atoms with Crippen LogP contribution in [0.25, 0.3) is 0 Å². The third-order valence-corrected chi connectivity index (χ3v) is 4.30. The first-order valence-electron chi connectivity index (χ1n) is 2.49. The number of H-pyrrole nitrogens is 1. The minimum Gasteiger partial charge on any atom is -0.477 e. The van der Waals surface area contributed by atoms with E-state index >= 15 is 0 Å². The van der Waals surface area contributed by atoms with Crippen molar-refractivity contribution in [1.82, 2.24) is 4.98 Å². The number of carbonyl (C=O) groups is 1. The van der Waals surface area contributed by atoms with E-state index in [4.69, 9.17) is 5.11 Å². The molecule has 1 aromatic rings. The summed E-state index contributed by atoms with van der Waals surface area (Å²) in [6.45, 7) is 0. The monoisotopic (exact) mass is 345 g/mol. The number of rotatable bonds is 1. The number of aromatic carboxylic acids is 1. The number of halogens is 3. The Morgan fingerprint density at radius 2 is 1.82 bits per heavy atom. The number of hydrogen-bond donors (Lipinski definition) is 2. The van der Waals surface area contributed by atoms with E-state index in [9.17, 15) is 4.79 Å².